The van der Waals surface area contributed by atoms with Gasteiger partial charge in [-0.25, -0.2) is 0 Å². The molecule has 21 heavy (non-hydrogen) atoms. The van der Waals surface area contributed by atoms with Crippen LogP contribution in [0.5, 0.6) is 0 Å². The number of nitrogens with zero attached hydrogens (tertiary/aromatic N) is 1. The number of rotatable bonds is 5. The van der Waals surface area contributed by atoms with Gasteiger partial charge in [0, 0.05) is 10.7 Å². The summed E-state index contributed by atoms with van der Waals surface area (Å²) >= 11 is 5.96. The lowest BCUT2D eigenvalue weighted by Gasteiger charge is -2.14. The maximum absolute atomic E-state index is 9.38. The first-order chi connectivity index (χ1) is 10.1. The van der Waals surface area contributed by atoms with Crippen molar-refractivity contribution in [1.29, 1.82) is 5.26 Å². The third-order valence-electron chi connectivity index (χ3n) is 3.22. The van der Waals surface area contributed by atoms with Crippen molar-refractivity contribution in [3.8, 4) is 6.07 Å². The van der Waals surface area contributed by atoms with Crippen LogP contribution in [0, 0.1) is 17.2 Å². The van der Waals surface area contributed by atoms with Crippen LogP contribution in [0.15, 0.2) is 48.5 Å². The second-order valence-electron chi connectivity index (χ2n) is 5.56. The van der Waals surface area contributed by atoms with Crippen molar-refractivity contribution in [3.05, 3.63) is 64.7 Å². The number of nitrogens with one attached hydrogen (secondary N) is 1. The molecule has 2 aromatic carbocycles. The highest BCUT2D eigenvalue weighted by molar-refractivity contribution is 6.30. The Bertz CT molecular complexity index is 626. The Morgan fingerprint density at radius 3 is 2.43 bits per heavy atom. The molecule has 0 aliphatic carbocycles. The summed E-state index contributed by atoms with van der Waals surface area (Å²) in [6.07, 6.45) is 1.05. The van der Waals surface area contributed by atoms with Crippen molar-refractivity contribution in [3.63, 3.8) is 0 Å². The van der Waals surface area contributed by atoms with Crippen LogP contribution in [0.2, 0.25) is 5.02 Å². The minimum Gasteiger partial charge on any atom is -0.366 e. The molecule has 2 rings (SSSR count). The molecule has 0 heterocycles. The molecule has 2 aromatic rings. The molecule has 0 saturated carbocycles. The van der Waals surface area contributed by atoms with Gasteiger partial charge in [-0.3, -0.25) is 0 Å². The van der Waals surface area contributed by atoms with Gasteiger partial charge in [0.05, 0.1) is 6.07 Å². The van der Waals surface area contributed by atoms with Crippen LogP contribution in [0.4, 0.5) is 5.69 Å². The average molecular weight is 299 g/mol. The summed E-state index contributed by atoms with van der Waals surface area (Å²) in [5.41, 5.74) is 3.11. The first-order valence-corrected chi connectivity index (χ1v) is 7.47. The van der Waals surface area contributed by atoms with E-state index in [0.717, 1.165) is 17.7 Å². The van der Waals surface area contributed by atoms with Gasteiger partial charge in [-0.05, 0) is 41.7 Å². The molecular weight excluding hydrogens is 280 g/mol. The first-order valence-electron chi connectivity index (χ1n) is 7.09. The molecule has 0 spiro atoms. The minimum absolute atomic E-state index is 0.378. The SMILES string of the molecule is CC(C)Cc1ccc(C(C#N)Nc2cccc(Cl)c2)cc1. The van der Waals surface area contributed by atoms with Crippen LogP contribution in [0.3, 0.4) is 0 Å². The summed E-state index contributed by atoms with van der Waals surface area (Å²) in [5, 5.41) is 13.2. The zero-order chi connectivity index (χ0) is 15.2. The lowest BCUT2D eigenvalue weighted by atomic mass is 9.99. The molecular formula is C18H19ClN2. The number of hydrogen-bond acceptors (Lipinski definition) is 2. The predicted octanol–water partition coefficient (Wildman–Crippen LogP) is 5.22. The average Bonchev–Trinajstić information content (AvgIpc) is 2.45. The maximum Gasteiger partial charge on any atom is 0.140 e. The number of anilines is 1. The second kappa shape index (κ2) is 7.15. The summed E-state index contributed by atoms with van der Waals surface area (Å²) in [6, 6.07) is 17.5. The molecule has 1 N–H and O–H groups in total. The van der Waals surface area contributed by atoms with Crippen LogP contribution in [0.25, 0.3) is 0 Å². The molecule has 0 bridgehead atoms. The maximum atomic E-state index is 9.38. The van der Waals surface area contributed by atoms with Gasteiger partial charge in [0.1, 0.15) is 6.04 Å². The second-order valence-corrected chi connectivity index (χ2v) is 5.99. The highest BCUT2D eigenvalue weighted by atomic mass is 35.5. The van der Waals surface area contributed by atoms with Gasteiger partial charge in [-0.2, -0.15) is 5.26 Å². The summed E-state index contributed by atoms with van der Waals surface area (Å²) in [4.78, 5) is 0. The molecule has 0 saturated heterocycles. The van der Waals surface area contributed by atoms with Crippen molar-refractivity contribution in [2.45, 2.75) is 26.3 Å². The van der Waals surface area contributed by atoms with E-state index in [1.54, 1.807) is 0 Å². The monoisotopic (exact) mass is 298 g/mol. The van der Waals surface area contributed by atoms with Crippen LogP contribution in [-0.4, -0.2) is 0 Å². The van der Waals surface area contributed by atoms with Crippen molar-refractivity contribution >= 4 is 17.3 Å². The fourth-order valence-corrected chi connectivity index (χ4v) is 2.44. The van der Waals surface area contributed by atoms with E-state index >= 15 is 0 Å². The van der Waals surface area contributed by atoms with Gasteiger partial charge in [0.15, 0.2) is 0 Å². The van der Waals surface area contributed by atoms with Crippen molar-refractivity contribution in [2.75, 3.05) is 5.32 Å². The zero-order valence-electron chi connectivity index (χ0n) is 12.3. The normalized spacial score (nSPS) is 12.0. The summed E-state index contributed by atoms with van der Waals surface area (Å²) in [6.45, 7) is 4.40. The van der Waals surface area contributed by atoms with Crippen molar-refractivity contribution < 1.29 is 0 Å². The number of nitriles is 1. The summed E-state index contributed by atoms with van der Waals surface area (Å²) < 4.78 is 0. The van der Waals surface area contributed by atoms with Gasteiger partial charge < -0.3 is 5.32 Å². The zero-order valence-corrected chi connectivity index (χ0v) is 13.1. The molecule has 0 radical (unpaired) electrons. The van der Waals surface area contributed by atoms with E-state index in [0.29, 0.717) is 10.9 Å². The van der Waals surface area contributed by atoms with Crippen LogP contribution in [0.1, 0.15) is 31.0 Å². The van der Waals surface area contributed by atoms with Crippen molar-refractivity contribution in [2.24, 2.45) is 5.92 Å². The van der Waals surface area contributed by atoms with E-state index in [-0.39, 0.29) is 6.04 Å². The predicted molar refractivity (Wildman–Crippen MR) is 88.4 cm³/mol. The Kier molecular flexibility index (Phi) is 5.25. The lowest BCUT2D eigenvalue weighted by Crippen LogP contribution is -2.08. The Morgan fingerprint density at radius 1 is 1.14 bits per heavy atom. The molecule has 0 fully saturated rings. The highest BCUT2D eigenvalue weighted by Gasteiger charge is 2.10. The molecule has 0 aliphatic rings. The topological polar surface area (TPSA) is 35.8 Å². The third kappa shape index (κ3) is 4.51. The summed E-state index contributed by atoms with van der Waals surface area (Å²) in [5.74, 6) is 0.632. The van der Waals surface area contributed by atoms with Gasteiger partial charge in [-0.1, -0.05) is 55.8 Å². The molecule has 1 atom stereocenters. The van der Waals surface area contributed by atoms with E-state index < -0.39 is 0 Å². The van der Waals surface area contributed by atoms with Gasteiger partial charge >= 0.3 is 0 Å². The Morgan fingerprint density at radius 2 is 1.86 bits per heavy atom. The van der Waals surface area contributed by atoms with Crippen LogP contribution < -0.4 is 5.32 Å². The molecule has 2 nitrogen and oxygen atoms in total. The standard InChI is InChI=1S/C18H19ClN2/c1-13(2)10-14-6-8-15(9-7-14)18(12-20)21-17-5-3-4-16(19)11-17/h3-9,11,13,18,21H,10H2,1-2H3. The number of halogens is 1. The molecule has 0 aromatic heterocycles. The number of benzene rings is 2. The van der Waals surface area contributed by atoms with Crippen LogP contribution in [-0.2, 0) is 6.42 Å². The van der Waals surface area contributed by atoms with Gasteiger partial charge in [0.2, 0.25) is 0 Å². The van der Waals surface area contributed by atoms with Crippen LogP contribution >= 0.6 is 11.6 Å². The molecule has 108 valence electrons. The highest BCUT2D eigenvalue weighted by Crippen LogP contribution is 2.22. The minimum atomic E-state index is -0.378. The third-order valence-corrected chi connectivity index (χ3v) is 3.46. The number of hydrogen-bond donors (Lipinski definition) is 1. The summed E-state index contributed by atoms with van der Waals surface area (Å²) in [7, 11) is 0. The first kappa shape index (κ1) is 15.4. The Balaban J connectivity index is 2.12. The Labute approximate surface area is 131 Å². The smallest absolute Gasteiger partial charge is 0.140 e. The van der Waals surface area contributed by atoms with Crippen molar-refractivity contribution in [1.82, 2.24) is 0 Å². The molecule has 3 heteroatoms. The fourth-order valence-electron chi connectivity index (χ4n) is 2.25. The van der Waals surface area contributed by atoms with E-state index in [4.69, 9.17) is 11.6 Å². The van der Waals surface area contributed by atoms with E-state index in [1.165, 1.54) is 5.56 Å². The lowest BCUT2D eigenvalue weighted by molar-refractivity contribution is 0.647. The van der Waals surface area contributed by atoms with Gasteiger partial charge in [-0.15, -0.1) is 0 Å². The van der Waals surface area contributed by atoms with Gasteiger partial charge in [0.25, 0.3) is 0 Å². The van der Waals surface area contributed by atoms with E-state index in [9.17, 15) is 5.26 Å². The van der Waals surface area contributed by atoms with E-state index in [1.807, 2.05) is 36.4 Å². The Hall–Kier alpha value is -1.98. The fraction of sp³-hybridized carbons (Fsp3) is 0.278. The molecule has 0 amide bonds. The largest absolute Gasteiger partial charge is 0.366 e. The van der Waals surface area contributed by atoms with E-state index in [2.05, 4.69) is 37.4 Å². The molecule has 0 aliphatic heterocycles. The quantitative estimate of drug-likeness (QED) is 0.822. The molecule has 1 unspecified atom stereocenters.